The Morgan fingerprint density at radius 1 is 1.33 bits per heavy atom. The van der Waals surface area contributed by atoms with Gasteiger partial charge in [0.25, 0.3) is 6.48 Å². The summed E-state index contributed by atoms with van der Waals surface area (Å²) < 4.78 is 15.4. The van der Waals surface area contributed by atoms with Crippen LogP contribution in [-0.2, 0) is 14.2 Å². The standard InChI is InChI=1S/C9H16O3/c1-2-3-4-5-6-10-9-11-7-8-12-9/h3-4,9H,2,5-8H2,1H3/b4-3+. The minimum atomic E-state index is -0.417. The third-order valence-corrected chi connectivity index (χ3v) is 1.53. The molecule has 0 aliphatic carbocycles. The first-order valence-electron chi connectivity index (χ1n) is 4.43. The number of rotatable bonds is 5. The molecule has 0 aromatic rings. The Morgan fingerprint density at radius 2 is 2.08 bits per heavy atom. The summed E-state index contributed by atoms with van der Waals surface area (Å²) >= 11 is 0. The molecular formula is C9H16O3. The van der Waals surface area contributed by atoms with Gasteiger partial charge in [-0.05, 0) is 12.8 Å². The Balaban J connectivity index is 1.91. The third kappa shape index (κ3) is 3.85. The molecule has 3 heteroatoms. The average Bonchev–Trinajstić information content (AvgIpc) is 2.57. The van der Waals surface area contributed by atoms with E-state index in [2.05, 4.69) is 19.1 Å². The van der Waals surface area contributed by atoms with Crippen molar-refractivity contribution in [3.05, 3.63) is 12.2 Å². The normalized spacial score (nSPS) is 19.4. The van der Waals surface area contributed by atoms with Crippen LogP contribution < -0.4 is 0 Å². The third-order valence-electron chi connectivity index (χ3n) is 1.53. The summed E-state index contributed by atoms with van der Waals surface area (Å²) in [5.41, 5.74) is 0. The first-order chi connectivity index (χ1) is 5.93. The highest BCUT2D eigenvalue weighted by atomic mass is 16.9. The highest BCUT2D eigenvalue weighted by molar-refractivity contribution is 4.79. The van der Waals surface area contributed by atoms with Gasteiger partial charge in [-0.1, -0.05) is 19.1 Å². The van der Waals surface area contributed by atoms with Crippen LogP contribution in [0.15, 0.2) is 12.2 Å². The SMILES string of the molecule is CC/C=C/CCOC1OCCO1. The zero-order valence-electron chi connectivity index (χ0n) is 7.49. The van der Waals surface area contributed by atoms with Crippen LogP contribution in [-0.4, -0.2) is 26.3 Å². The highest BCUT2D eigenvalue weighted by Gasteiger charge is 2.14. The molecular weight excluding hydrogens is 156 g/mol. The van der Waals surface area contributed by atoms with Crippen LogP contribution in [0.3, 0.4) is 0 Å². The number of hydrogen-bond acceptors (Lipinski definition) is 3. The minimum Gasteiger partial charge on any atom is -0.330 e. The van der Waals surface area contributed by atoms with Crippen molar-refractivity contribution < 1.29 is 14.2 Å². The lowest BCUT2D eigenvalue weighted by Gasteiger charge is -2.08. The van der Waals surface area contributed by atoms with E-state index in [1.165, 1.54) is 0 Å². The molecule has 1 saturated heterocycles. The predicted molar refractivity (Wildman–Crippen MR) is 45.7 cm³/mol. The maximum atomic E-state index is 5.25. The first kappa shape index (κ1) is 9.71. The van der Waals surface area contributed by atoms with Crippen molar-refractivity contribution in [1.82, 2.24) is 0 Å². The largest absolute Gasteiger partial charge is 0.330 e. The molecule has 3 nitrogen and oxygen atoms in total. The van der Waals surface area contributed by atoms with Gasteiger partial charge in [0.05, 0.1) is 19.8 Å². The number of ether oxygens (including phenoxy) is 3. The topological polar surface area (TPSA) is 27.7 Å². The molecule has 12 heavy (non-hydrogen) atoms. The molecule has 1 aliphatic heterocycles. The predicted octanol–water partition coefficient (Wildman–Crippen LogP) is 1.69. The zero-order valence-corrected chi connectivity index (χ0v) is 7.49. The van der Waals surface area contributed by atoms with Gasteiger partial charge in [0.2, 0.25) is 0 Å². The van der Waals surface area contributed by atoms with Gasteiger partial charge in [-0.2, -0.15) is 0 Å². The van der Waals surface area contributed by atoms with Crippen LogP contribution in [0.2, 0.25) is 0 Å². The molecule has 0 spiro atoms. The summed E-state index contributed by atoms with van der Waals surface area (Å²) in [6.07, 6.45) is 6.24. The van der Waals surface area contributed by atoms with Crippen LogP contribution in [0.4, 0.5) is 0 Å². The smallest absolute Gasteiger partial charge is 0.271 e. The summed E-state index contributed by atoms with van der Waals surface area (Å²) in [6, 6.07) is 0. The van der Waals surface area contributed by atoms with Crippen molar-refractivity contribution in [2.24, 2.45) is 0 Å². The Morgan fingerprint density at radius 3 is 2.75 bits per heavy atom. The van der Waals surface area contributed by atoms with Gasteiger partial charge < -0.3 is 14.2 Å². The van der Waals surface area contributed by atoms with Crippen LogP contribution >= 0.6 is 0 Å². The van der Waals surface area contributed by atoms with E-state index < -0.39 is 6.48 Å². The van der Waals surface area contributed by atoms with E-state index in [9.17, 15) is 0 Å². The lowest BCUT2D eigenvalue weighted by molar-refractivity contribution is -0.228. The van der Waals surface area contributed by atoms with Crippen LogP contribution in [0.1, 0.15) is 19.8 Å². The van der Waals surface area contributed by atoms with Crippen molar-refractivity contribution >= 4 is 0 Å². The summed E-state index contributed by atoms with van der Waals surface area (Å²) in [5.74, 6) is 0. The number of allylic oxidation sites excluding steroid dienone is 1. The lowest BCUT2D eigenvalue weighted by Crippen LogP contribution is -2.13. The average molecular weight is 172 g/mol. The first-order valence-corrected chi connectivity index (χ1v) is 4.43. The minimum absolute atomic E-state index is 0.417. The second kappa shape index (κ2) is 6.17. The van der Waals surface area contributed by atoms with Crippen molar-refractivity contribution in [3.8, 4) is 0 Å². The lowest BCUT2D eigenvalue weighted by atomic mass is 10.3. The van der Waals surface area contributed by atoms with Crippen LogP contribution in [0.5, 0.6) is 0 Å². The van der Waals surface area contributed by atoms with Gasteiger partial charge in [0, 0.05) is 0 Å². The molecule has 0 atom stereocenters. The maximum absolute atomic E-state index is 5.25. The molecule has 0 radical (unpaired) electrons. The fraction of sp³-hybridized carbons (Fsp3) is 0.778. The molecule has 70 valence electrons. The second-order valence-electron chi connectivity index (χ2n) is 2.57. The van der Waals surface area contributed by atoms with Crippen LogP contribution in [0, 0.1) is 0 Å². The molecule has 0 bridgehead atoms. The Hall–Kier alpha value is -0.380. The van der Waals surface area contributed by atoms with E-state index in [0.717, 1.165) is 12.8 Å². The van der Waals surface area contributed by atoms with Gasteiger partial charge >= 0.3 is 0 Å². The molecule has 0 amide bonds. The maximum Gasteiger partial charge on any atom is 0.271 e. The molecule has 0 saturated carbocycles. The van der Waals surface area contributed by atoms with Gasteiger partial charge in [-0.15, -0.1) is 0 Å². The Bertz CT molecular complexity index is 128. The monoisotopic (exact) mass is 172 g/mol. The molecule has 0 N–H and O–H groups in total. The number of hydrogen-bond donors (Lipinski definition) is 0. The van der Waals surface area contributed by atoms with Crippen molar-refractivity contribution in [2.45, 2.75) is 26.2 Å². The Kier molecular flexibility index (Phi) is 4.99. The Labute approximate surface area is 73.3 Å². The summed E-state index contributed by atoms with van der Waals surface area (Å²) in [7, 11) is 0. The van der Waals surface area contributed by atoms with Gasteiger partial charge in [0.15, 0.2) is 0 Å². The molecule has 0 aromatic heterocycles. The molecule has 1 aliphatic rings. The van der Waals surface area contributed by atoms with Crippen molar-refractivity contribution in [2.75, 3.05) is 19.8 Å². The summed E-state index contributed by atoms with van der Waals surface area (Å²) in [4.78, 5) is 0. The molecule has 0 unspecified atom stereocenters. The fourth-order valence-electron chi connectivity index (χ4n) is 0.950. The van der Waals surface area contributed by atoms with E-state index in [0.29, 0.717) is 19.8 Å². The molecule has 1 heterocycles. The van der Waals surface area contributed by atoms with E-state index in [1.54, 1.807) is 0 Å². The molecule has 1 fully saturated rings. The molecule has 0 aromatic carbocycles. The van der Waals surface area contributed by atoms with Crippen molar-refractivity contribution in [1.29, 1.82) is 0 Å². The molecule has 1 rings (SSSR count). The van der Waals surface area contributed by atoms with Gasteiger partial charge in [-0.25, -0.2) is 0 Å². The van der Waals surface area contributed by atoms with Gasteiger partial charge in [0.1, 0.15) is 0 Å². The van der Waals surface area contributed by atoms with E-state index in [-0.39, 0.29) is 0 Å². The summed E-state index contributed by atoms with van der Waals surface area (Å²) in [6.45, 7) is 3.66. The zero-order chi connectivity index (χ0) is 8.65. The summed E-state index contributed by atoms with van der Waals surface area (Å²) in [5, 5.41) is 0. The van der Waals surface area contributed by atoms with Gasteiger partial charge in [-0.3, -0.25) is 0 Å². The van der Waals surface area contributed by atoms with Crippen LogP contribution in [0.25, 0.3) is 0 Å². The highest BCUT2D eigenvalue weighted by Crippen LogP contribution is 2.05. The second-order valence-corrected chi connectivity index (χ2v) is 2.57. The van der Waals surface area contributed by atoms with E-state index in [4.69, 9.17) is 14.2 Å². The van der Waals surface area contributed by atoms with E-state index >= 15 is 0 Å². The van der Waals surface area contributed by atoms with E-state index in [1.807, 2.05) is 0 Å². The fourth-order valence-corrected chi connectivity index (χ4v) is 0.950. The quantitative estimate of drug-likeness (QED) is 0.466. The van der Waals surface area contributed by atoms with Crippen molar-refractivity contribution in [3.63, 3.8) is 0 Å².